The largest absolute Gasteiger partial charge is 0.458 e. The number of hydrogen-bond donors (Lipinski definition) is 0. The molecule has 76 valence electrons. The lowest BCUT2D eigenvalue weighted by atomic mass is 10.0. The lowest BCUT2D eigenvalue weighted by Gasteiger charge is -1.99. The molecule has 0 bridgehead atoms. The van der Waals surface area contributed by atoms with Crippen LogP contribution >= 0.6 is 0 Å². The van der Waals surface area contributed by atoms with Crippen molar-refractivity contribution >= 4 is 11.8 Å². The predicted octanol–water partition coefficient (Wildman–Crippen LogP) is 1.74. The molecule has 0 atom stereocenters. The zero-order valence-corrected chi connectivity index (χ0v) is 8.10. The van der Waals surface area contributed by atoms with Crippen molar-refractivity contribution in [2.45, 2.75) is 6.42 Å². The predicted molar refractivity (Wildman–Crippen MR) is 54.4 cm³/mol. The highest BCUT2D eigenvalue weighted by molar-refractivity contribution is 6.04. The third-order valence-corrected chi connectivity index (χ3v) is 2.25. The molecule has 1 aliphatic heterocycles. The lowest BCUT2D eigenvalue weighted by Crippen LogP contribution is -2.06. The average molecular weight is 202 g/mol. The summed E-state index contributed by atoms with van der Waals surface area (Å²) in [6.07, 6.45) is 1.78. The Kier molecular flexibility index (Phi) is 2.63. The fourth-order valence-electron chi connectivity index (χ4n) is 1.44. The first-order valence-electron chi connectivity index (χ1n) is 4.72. The molecule has 0 unspecified atom stereocenters. The van der Waals surface area contributed by atoms with Crippen molar-refractivity contribution in [1.29, 1.82) is 0 Å². The van der Waals surface area contributed by atoms with Crippen molar-refractivity contribution in [2.75, 3.05) is 6.61 Å². The standard InChI is InChI=1S/C12H10O3/c13-11(9-4-2-1-3-5-9)8-10-6-7-15-12(10)14/h1-6H,7-8H2. The molecule has 15 heavy (non-hydrogen) atoms. The maximum atomic E-state index is 11.7. The van der Waals surface area contributed by atoms with E-state index in [2.05, 4.69) is 0 Å². The molecule has 3 nitrogen and oxygen atoms in total. The minimum absolute atomic E-state index is 0.0549. The van der Waals surface area contributed by atoms with E-state index in [1.54, 1.807) is 30.3 Å². The van der Waals surface area contributed by atoms with Crippen molar-refractivity contribution in [3.05, 3.63) is 47.5 Å². The fourth-order valence-corrected chi connectivity index (χ4v) is 1.44. The quantitative estimate of drug-likeness (QED) is 0.554. The van der Waals surface area contributed by atoms with Gasteiger partial charge in [-0.15, -0.1) is 0 Å². The summed E-state index contributed by atoms with van der Waals surface area (Å²) in [4.78, 5) is 22.8. The summed E-state index contributed by atoms with van der Waals surface area (Å²) in [6.45, 7) is 0.288. The van der Waals surface area contributed by atoms with Gasteiger partial charge in [0.15, 0.2) is 5.78 Å². The van der Waals surface area contributed by atoms with Crippen LogP contribution in [-0.2, 0) is 9.53 Å². The van der Waals surface area contributed by atoms with E-state index in [0.29, 0.717) is 11.1 Å². The molecular formula is C12H10O3. The molecule has 0 radical (unpaired) electrons. The number of rotatable bonds is 3. The molecule has 2 rings (SSSR count). The highest BCUT2D eigenvalue weighted by Crippen LogP contribution is 2.14. The Bertz CT molecular complexity index is 418. The molecule has 1 aromatic rings. The van der Waals surface area contributed by atoms with Gasteiger partial charge < -0.3 is 4.74 Å². The molecule has 0 aliphatic carbocycles. The van der Waals surface area contributed by atoms with Crippen LogP contribution in [0.3, 0.4) is 0 Å². The normalized spacial score (nSPS) is 14.7. The number of cyclic esters (lactones) is 1. The second-order valence-corrected chi connectivity index (χ2v) is 3.29. The van der Waals surface area contributed by atoms with Gasteiger partial charge in [-0.2, -0.15) is 0 Å². The van der Waals surface area contributed by atoms with Crippen molar-refractivity contribution in [1.82, 2.24) is 0 Å². The van der Waals surface area contributed by atoms with Crippen LogP contribution in [0.15, 0.2) is 42.0 Å². The summed E-state index contributed by atoms with van der Waals surface area (Å²) in [5.74, 6) is -0.431. The van der Waals surface area contributed by atoms with Crippen LogP contribution in [0.2, 0.25) is 0 Å². The van der Waals surface area contributed by atoms with E-state index >= 15 is 0 Å². The molecule has 0 spiro atoms. The Morgan fingerprint density at radius 2 is 2.00 bits per heavy atom. The fraction of sp³-hybridized carbons (Fsp3) is 0.167. The first-order chi connectivity index (χ1) is 7.27. The van der Waals surface area contributed by atoms with Gasteiger partial charge in [0.2, 0.25) is 0 Å². The summed E-state index contributed by atoms with van der Waals surface area (Å²) in [6, 6.07) is 8.93. The van der Waals surface area contributed by atoms with E-state index in [9.17, 15) is 9.59 Å². The van der Waals surface area contributed by atoms with Gasteiger partial charge in [-0.1, -0.05) is 30.3 Å². The molecule has 0 aromatic heterocycles. The van der Waals surface area contributed by atoms with Crippen LogP contribution in [-0.4, -0.2) is 18.4 Å². The molecule has 1 aliphatic rings. The van der Waals surface area contributed by atoms with Crippen molar-refractivity contribution in [3.8, 4) is 0 Å². The molecule has 0 N–H and O–H groups in total. The van der Waals surface area contributed by atoms with E-state index in [-0.39, 0.29) is 24.8 Å². The maximum Gasteiger partial charge on any atom is 0.334 e. The van der Waals surface area contributed by atoms with Gasteiger partial charge in [-0.25, -0.2) is 4.79 Å². The Morgan fingerprint density at radius 1 is 1.27 bits per heavy atom. The number of esters is 1. The van der Waals surface area contributed by atoms with Crippen molar-refractivity contribution in [2.24, 2.45) is 0 Å². The van der Waals surface area contributed by atoms with E-state index < -0.39 is 0 Å². The van der Waals surface area contributed by atoms with Crippen LogP contribution in [0.4, 0.5) is 0 Å². The third-order valence-electron chi connectivity index (χ3n) is 2.25. The zero-order valence-electron chi connectivity index (χ0n) is 8.10. The molecule has 1 heterocycles. The molecule has 1 aromatic carbocycles. The minimum atomic E-state index is -0.376. The highest BCUT2D eigenvalue weighted by Gasteiger charge is 2.19. The summed E-state index contributed by atoms with van der Waals surface area (Å²) in [5.41, 5.74) is 1.09. The molecule has 0 amide bonds. The summed E-state index contributed by atoms with van der Waals surface area (Å²) in [5, 5.41) is 0. The van der Waals surface area contributed by atoms with Crippen LogP contribution in [0.5, 0.6) is 0 Å². The molecule has 0 saturated heterocycles. The lowest BCUT2D eigenvalue weighted by molar-refractivity contribution is -0.136. The minimum Gasteiger partial charge on any atom is -0.458 e. The van der Waals surface area contributed by atoms with E-state index in [0.717, 1.165) is 0 Å². The number of hydrogen-bond acceptors (Lipinski definition) is 3. The van der Waals surface area contributed by atoms with Gasteiger partial charge in [0.25, 0.3) is 0 Å². The Hall–Kier alpha value is -1.90. The van der Waals surface area contributed by atoms with Gasteiger partial charge in [-0.05, 0) is 6.08 Å². The maximum absolute atomic E-state index is 11.7. The van der Waals surface area contributed by atoms with Gasteiger partial charge in [0.05, 0.1) is 0 Å². The first kappa shape index (κ1) is 9.65. The number of ether oxygens (including phenoxy) is 1. The number of ketones is 1. The third kappa shape index (κ3) is 2.13. The van der Waals surface area contributed by atoms with E-state index in [1.807, 2.05) is 6.07 Å². The highest BCUT2D eigenvalue weighted by atomic mass is 16.5. The average Bonchev–Trinajstić information content (AvgIpc) is 2.66. The zero-order chi connectivity index (χ0) is 10.7. The monoisotopic (exact) mass is 202 g/mol. The van der Waals surface area contributed by atoms with Crippen LogP contribution in [0.25, 0.3) is 0 Å². The number of carbonyl (C=O) groups excluding carboxylic acids is 2. The summed E-state index contributed by atoms with van der Waals surface area (Å²) in [7, 11) is 0. The van der Waals surface area contributed by atoms with Crippen LogP contribution in [0, 0.1) is 0 Å². The Morgan fingerprint density at radius 3 is 2.60 bits per heavy atom. The Balaban J connectivity index is 2.08. The van der Waals surface area contributed by atoms with Crippen molar-refractivity contribution < 1.29 is 14.3 Å². The van der Waals surface area contributed by atoms with Gasteiger partial charge in [0.1, 0.15) is 6.61 Å². The second-order valence-electron chi connectivity index (χ2n) is 3.29. The summed E-state index contributed by atoms with van der Waals surface area (Å²) >= 11 is 0. The van der Waals surface area contributed by atoms with E-state index in [1.165, 1.54) is 0 Å². The molecule has 0 fully saturated rings. The number of benzene rings is 1. The summed E-state index contributed by atoms with van der Waals surface area (Å²) < 4.78 is 4.72. The SMILES string of the molecule is O=C1OCC=C1CC(=O)c1ccccc1. The second kappa shape index (κ2) is 4.09. The molecular weight excluding hydrogens is 192 g/mol. The van der Waals surface area contributed by atoms with Gasteiger partial charge in [0, 0.05) is 17.6 Å². The van der Waals surface area contributed by atoms with Crippen LogP contribution < -0.4 is 0 Å². The van der Waals surface area contributed by atoms with E-state index in [4.69, 9.17) is 4.74 Å². The first-order valence-corrected chi connectivity index (χ1v) is 4.72. The molecule has 3 heteroatoms. The molecule has 0 saturated carbocycles. The number of carbonyl (C=O) groups is 2. The van der Waals surface area contributed by atoms with Gasteiger partial charge >= 0.3 is 5.97 Å². The van der Waals surface area contributed by atoms with Crippen LogP contribution in [0.1, 0.15) is 16.8 Å². The topological polar surface area (TPSA) is 43.4 Å². The number of Topliss-reactive ketones (excluding diaryl/α,β-unsaturated/α-hetero) is 1. The van der Waals surface area contributed by atoms with Gasteiger partial charge in [-0.3, -0.25) is 4.79 Å². The smallest absolute Gasteiger partial charge is 0.334 e. The van der Waals surface area contributed by atoms with Crippen molar-refractivity contribution in [3.63, 3.8) is 0 Å². The Labute approximate surface area is 87.4 Å².